The summed E-state index contributed by atoms with van der Waals surface area (Å²) in [5.74, 6) is -1.35. The molecule has 1 saturated heterocycles. The number of nitrogens with zero attached hydrogens (tertiary/aromatic N) is 6. The number of carbonyl (C=O) groups excluding carboxylic acids is 3. The summed E-state index contributed by atoms with van der Waals surface area (Å²) >= 11 is 0. The summed E-state index contributed by atoms with van der Waals surface area (Å²) in [5.41, 5.74) is 1.83. The van der Waals surface area contributed by atoms with Gasteiger partial charge in [0.05, 0.1) is 11.8 Å². The van der Waals surface area contributed by atoms with Crippen LogP contribution >= 0.6 is 0 Å². The highest BCUT2D eigenvalue weighted by molar-refractivity contribution is 6.00. The minimum absolute atomic E-state index is 0.00286. The molecular weight excluding hydrogens is 661 g/mol. The third kappa shape index (κ3) is 10.8. The number of aromatic nitrogens is 3. The zero-order valence-electron chi connectivity index (χ0n) is 31.3. The molecule has 1 aromatic heterocycles. The van der Waals surface area contributed by atoms with Crippen LogP contribution in [0.2, 0.25) is 0 Å². The third-order valence-electron chi connectivity index (χ3n) is 10.2. The normalized spacial score (nSPS) is 22.5. The molecule has 3 amide bonds. The molecule has 0 unspecified atom stereocenters. The second-order valence-corrected chi connectivity index (χ2v) is 14.9. The molecule has 0 spiro atoms. The van der Waals surface area contributed by atoms with Crippen LogP contribution in [0.25, 0.3) is 0 Å². The van der Waals surface area contributed by atoms with Gasteiger partial charge in [-0.15, -0.1) is 5.10 Å². The van der Waals surface area contributed by atoms with Crippen molar-refractivity contribution in [2.45, 2.75) is 109 Å². The summed E-state index contributed by atoms with van der Waals surface area (Å²) in [4.78, 5) is 48.3. The first kappa shape index (κ1) is 38.9. The van der Waals surface area contributed by atoms with E-state index in [1.54, 1.807) is 9.58 Å². The van der Waals surface area contributed by atoms with Crippen molar-refractivity contribution in [1.82, 2.24) is 35.0 Å². The second kappa shape index (κ2) is 19.0. The number of nitrogens with one attached hydrogen (secondary N) is 1. The Labute approximate surface area is 307 Å². The van der Waals surface area contributed by atoms with E-state index in [-0.39, 0.29) is 41.7 Å². The number of aryl methyl sites for hydroxylation is 1. The average Bonchev–Trinajstić information content (AvgIpc) is 3.80. The lowest BCUT2D eigenvalue weighted by Crippen LogP contribution is -2.56. The molecule has 0 saturated carbocycles. The first-order chi connectivity index (χ1) is 25.1. The van der Waals surface area contributed by atoms with Crippen LogP contribution in [0.4, 0.5) is 4.39 Å². The maximum Gasteiger partial charge on any atom is 0.255 e. The third-order valence-corrected chi connectivity index (χ3v) is 10.2. The lowest BCUT2D eigenvalue weighted by atomic mass is 10.0. The minimum atomic E-state index is -0.881. The molecule has 0 radical (unpaired) electrons. The molecule has 5 rings (SSSR count). The maximum absolute atomic E-state index is 14.4. The molecule has 52 heavy (non-hydrogen) atoms. The van der Waals surface area contributed by atoms with E-state index < -0.39 is 23.8 Å². The molecule has 282 valence electrons. The first-order valence-electron chi connectivity index (χ1n) is 19.0. The summed E-state index contributed by atoms with van der Waals surface area (Å²) in [6.07, 6.45) is 10.7. The predicted octanol–water partition coefficient (Wildman–Crippen LogP) is 5.49. The highest BCUT2D eigenvalue weighted by Gasteiger charge is 2.40. The van der Waals surface area contributed by atoms with Crippen LogP contribution in [-0.4, -0.2) is 99.3 Å². The fraction of sp³-hybridized carbons (Fsp3) is 0.575. The van der Waals surface area contributed by atoms with Gasteiger partial charge in [0.25, 0.3) is 5.91 Å². The van der Waals surface area contributed by atoms with Crippen molar-refractivity contribution >= 4 is 17.7 Å². The summed E-state index contributed by atoms with van der Waals surface area (Å²) in [6, 6.07) is 12.4. The van der Waals surface area contributed by atoms with Gasteiger partial charge in [-0.25, -0.2) is 4.39 Å². The van der Waals surface area contributed by atoms with Crippen LogP contribution in [0.5, 0.6) is 5.75 Å². The van der Waals surface area contributed by atoms with Gasteiger partial charge in [-0.2, -0.15) is 0 Å². The van der Waals surface area contributed by atoms with E-state index in [4.69, 9.17) is 4.74 Å². The van der Waals surface area contributed by atoms with E-state index >= 15 is 0 Å². The van der Waals surface area contributed by atoms with Crippen LogP contribution in [0, 0.1) is 11.7 Å². The molecule has 2 aliphatic rings. The quantitative estimate of drug-likeness (QED) is 0.380. The zero-order chi connectivity index (χ0) is 37.0. The van der Waals surface area contributed by atoms with E-state index in [9.17, 15) is 18.8 Å². The Bertz CT molecular complexity index is 1620. The van der Waals surface area contributed by atoms with E-state index in [1.165, 1.54) is 18.2 Å². The summed E-state index contributed by atoms with van der Waals surface area (Å²) in [5, 5.41) is 11.4. The molecule has 3 aromatic rings. The van der Waals surface area contributed by atoms with Gasteiger partial charge in [0.15, 0.2) is 0 Å². The lowest BCUT2D eigenvalue weighted by Gasteiger charge is -2.36. The Hall–Kier alpha value is -4.32. The van der Waals surface area contributed by atoms with Gasteiger partial charge in [-0.05, 0) is 75.7 Å². The van der Waals surface area contributed by atoms with Crippen molar-refractivity contribution in [2.24, 2.45) is 5.92 Å². The van der Waals surface area contributed by atoms with Crippen LogP contribution in [0.15, 0.2) is 54.7 Å². The van der Waals surface area contributed by atoms with Crippen LogP contribution in [0.3, 0.4) is 0 Å². The molecule has 0 aliphatic carbocycles. The number of rotatable bonds is 4. The van der Waals surface area contributed by atoms with E-state index in [2.05, 4.69) is 39.7 Å². The fourth-order valence-corrected chi connectivity index (χ4v) is 7.32. The van der Waals surface area contributed by atoms with Crippen LogP contribution in [0.1, 0.15) is 93.3 Å². The monoisotopic (exact) mass is 717 g/mol. The number of hydrogen-bond donors (Lipinski definition) is 1. The van der Waals surface area contributed by atoms with Gasteiger partial charge >= 0.3 is 0 Å². The van der Waals surface area contributed by atoms with Crippen molar-refractivity contribution in [3.63, 3.8) is 0 Å². The maximum atomic E-state index is 14.4. The molecule has 1 N–H and O–H groups in total. The van der Waals surface area contributed by atoms with Crippen LogP contribution < -0.4 is 10.1 Å². The van der Waals surface area contributed by atoms with Crippen molar-refractivity contribution in [2.75, 3.05) is 33.7 Å². The number of likely N-dealkylation sites (N-methyl/N-ethyl adjacent to an activating group) is 2. The smallest absolute Gasteiger partial charge is 0.255 e. The molecule has 2 aliphatic heterocycles. The van der Waals surface area contributed by atoms with E-state index in [1.807, 2.05) is 50.2 Å². The number of ether oxygens (including phenoxy) is 1. The van der Waals surface area contributed by atoms with Crippen LogP contribution in [-0.2, 0) is 29.2 Å². The molecule has 2 aromatic carbocycles. The van der Waals surface area contributed by atoms with Crippen molar-refractivity contribution in [1.29, 1.82) is 0 Å². The Balaban J connectivity index is 1.40. The first-order valence-corrected chi connectivity index (χ1v) is 19.0. The minimum Gasteiger partial charge on any atom is -0.486 e. The largest absolute Gasteiger partial charge is 0.486 e. The van der Waals surface area contributed by atoms with Gasteiger partial charge in [-0.3, -0.25) is 19.1 Å². The molecular formula is C40H56FN7O4. The van der Waals surface area contributed by atoms with Crippen molar-refractivity contribution in [3.05, 3.63) is 77.4 Å². The van der Waals surface area contributed by atoms with Gasteiger partial charge < -0.3 is 24.8 Å². The summed E-state index contributed by atoms with van der Waals surface area (Å²) in [6.45, 7) is 6.80. The summed E-state index contributed by atoms with van der Waals surface area (Å²) < 4.78 is 22.1. The highest BCUT2D eigenvalue weighted by atomic mass is 19.1. The van der Waals surface area contributed by atoms with Crippen molar-refractivity contribution in [3.8, 4) is 5.75 Å². The number of fused-ring (bicyclic) bond motifs is 4. The zero-order valence-corrected chi connectivity index (χ0v) is 31.3. The molecule has 1 fully saturated rings. The SMILES string of the molecule is CC(C)C[C@H]1NC(=O)c2ccc(F)cc2OCc2cn(nn2)CCCCCCCCN(C)C[C@@H](Cc2ccccc2)N(C)C(=O)[C@H]2CCCN2C1=O. The lowest BCUT2D eigenvalue weighted by molar-refractivity contribution is -0.145. The molecule has 3 atom stereocenters. The number of carbonyl (C=O) groups is 3. The Morgan fingerprint density at radius 3 is 2.38 bits per heavy atom. The Morgan fingerprint density at radius 1 is 0.904 bits per heavy atom. The highest BCUT2D eigenvalue weighted by Crippen LogP contribution is 2.25. The molecule has 12 heteroatoms. The number of amides is 3. The van der Waals surface area contributed by atoms with Gasteiger partial charge in [0, 0.05) is 38.8 Å². The van der Waals surface area contributed by atoms with E-state index in [0.29, 0.717) is 44.5 Å². The predicted molar refractivity (Wildman–Crippen MR) is 198 cm³/mol. The topological polar surface area (TPSA) is 113 Å². The van der Waals surface area contributed by atoms with Crippen molar-refractivity contribution < 1.29 is 23.5 Å². The summed E-state index contributed by atoms with van der Waals surface area (Å²) in [7, 11) is 3.99. The Kier molecular flexibility index (Phi) is 14.2. The number of benzene rings is 2. The second-order valence-electron chi connectivity index (χ2n) is 14.9. The van der Waals surface area contributed by atoms with Gasteiger partial charge in [-0.1, -0.05) is 75.1 Å². The van der Waals surface area contributed by atoms with E-state index in [0.717, 1.165) is 57.2 Å². The Morgan fingerprint density at radius 2 is 1.63 bits per heavy atom. The van der Waals surface area contributed by atoms with Gasteiger partial charge in [0.1, 0.15) is 36.0 Å². The molecule has 11 nitrogen and oxygen atoms in total. The average molecular weight is 718 g/mol. The fourth-order valence-electron chi connectivity index (χ4n) is 7.32. The number of halogens is 1. The number of hydrogen-bond acceptors (Lipinski definition) is 7. The molecule has 3 heterocycles. The van der Waals surface area contributed by atoms with Gasteiger partial charge in [0.2, 0.25) is 11.8 Å². The standard InChI is InChI=1S/C40H56FN7O4/c1-29(2)23-35-39(50)48-22-14-17-36(48)40(51)46(4)33(24-30-15-10-9-11-16-30)27-45(3)20-12-7-5-6-8-13-21-47-26-32(43-44-47)28-52-37-25-31(41)18-19-34(37)38(49)42-35/h9-11,15-16,18-19,25-26,29,33,35-36H,5-8,12-14,17,20-24,27-28H2,1-4H3,(H,42,49)/t33-,35-,36-/m1/s1. The molecule has 2 bridgehead atoms.